The molecular weight excluding hydrogens is 174 g/mol. The van der Waals surface area contributed by atoms with Crippen LogP contribution in [0, 0.1) is 34.0 Å². The average molecular weight is 181 g/mol. The van der Waals surface area contributed by atoms with Crippen molar-refractivity contribution in [1.29, 1.82) is 15.8 Å². The molecule has 0 unspecified atom stereocenters. The van der Waals surface area contributed by atoms with E-state index in [1.54, 1.807) is 6.07 Å². The van der Waals surface area contributed by atoms with Gasteiger partial charge in [-0.25, -0.2) is 0 Å². The summed E-state index contributed by atoms with van der Waals surface area (Å²) in [6.07, 6.45) is 0.684. The molecule has 0 N–H and O–H groups in total. The van der Waals surface area contributed by atoms with Crippen LogP contribution in [0.15, 0.2) is 12.1 Å². The molecule has 3 heteroatoms. The Labute approximate surface area is 82.4 Å². The molecule has 0 aromatic heterocycles. The number of benzene rings is 1. The number of nitriles is 3. The molecule has 0 aliphatic rings. The zero-order valence-corrected chi connectivity index (χ0v) is 7.70. The summed E-state index contributed by atoms with van der Waals surface area (Å²) in [5, 5.41) is 26.3. The quantitative estimate of drug-likeness (QED) is 0.663. The molecule has 0 bridgehead atoms. The van der Waals surface area contributed by atoms with Crippen LogP contribution in [-0.4, -0.2) is 0 Å². The average Bonchev–Trinajstić information content (AvgIpc) is 2.26. The minimum Gasteiger partial charge on any atom is -0.192 e. The van der Waals surface area contributed by atoms with E-state index in [2.05, 4.69) is 0 Å². The largest absolute Gasteiger partial charge is 0.192 e. The smallest absolute Gasteiger partial charge is 0.101 e. The van der Waals surface area contributed by atoms with E-state index in [-0.39, 0.29) is 5.56 Å². The van der Waals surface area contributed by atoms with Gasteiger partial charge in [0.1, 0.15) is 12.1 Å². The summed E-state index contributed by atoms with van der Waals surface area (Å²) in [5.74, 6) is 0. The maximum atomic E-state index is 8.79. The van der Waals surface area contributed by atoms with Crippen molar-refractivity contribution in [3.63, 3.8) is 0 Å². The van der Waals surface area contributed by atoms with E-state index in [0.29, 0.717) is 17.5 Å². The molecule has 0 atom stereocenters. The van der Waals surface area contributed by atoms with Gasteiger partial charge in [0.2, 0.25) is 0 Å². The lowest BCUT2D eigenvalue weighted by atomic mass is 9.99. The van der Waals surface area contributed by atoms with Crippen molar-refractivity contribution in [2.75, 3.05) is 0 Å². The van der Waals surface area contributed by atoms with Gasteiger partial charge in [-0.05, 0) is 24.1 Å². The molecule has 1 aromatic rings. The molecule has 0 aliphatic heterocycles. The van der Waals surface area contributed by atoms with E-state index in [4.69, 9.17) is 15.8 Å². The van der Waals surface area contributed by atoms with Gasteiger partial charge in [0.05, 0.1) is 22.8 Å². The second-order valence-corrected chi connectivity index (χ2v) is 2.74. The van der Waals surface area contributed by atoms with Crippen LogP contribution < -0.4 is 0 Å². The fourth-order valence-corrected chi connectivity index (χ4v) is 1.23. The van der Waals surface area contributed by atoms with Crippen molar-refractivity contribution in [2.45, 2.75) is 13.3 Å². The Hall–Kier alpha value is -2.31. The second kappa shape index (κ2) is 4.08. The van der Waals surface area contributed by atoms with Crippen LogP contribution in [0.3, 0.4) is 0 Å². The van der Waals surface area contributed by atoms with E-state index in [0.717, 1.165) is 5.56 Å². The fraction of sp³-hybridized carbons (Fsp3) is 0.182. The number of rotatable bonds is 1. The van der Waals surface area contributed by atoms with Gasteiger partial charge in [0.25, 0.3) is 0 Å². The predicted octanol–water partition coefficient (Wildman–Crippen LogP) is 1.86. The third-order valence-corrected chi connectivity index (χ3v) is 1.99. The van der Waals surface area contributed by atoms with E-state index in [1.165, 1.54) is 6.07 Å². The van der Waals surface area contributed by atoms with Gasteiger partial charge in [0, 0.05) is 0 Å². The van der Waals surface area contributed by atoms with Crippen LogP contribution in [0.4, 0.5) is 0 Å². The SMILES string of the molecule is CCc1cc(C#N)c(C#N)cc1C#N. The van der Waals surface area contributed by atoms with Crippen LogP contribution in [0.2, 0.25) is 0 Å². The highest BCUT2D eigenvalue weighted by Crippen LogP contribution is 2.16. The van der Waals surface area contributed by atoms with E-state index in [1.807, 2.05) is 25.1 Å². The summed E-state index contributed by atoms with van der Waals surface area (Å²) in [4.78, 5) is 0. The highest BCUT2D eigenvalue weighted by Gasteiger charge is 2.07. The molecule has 0 heterocycles. The molecule has 0 saturated heterocycles. The van der Waals surface area contributed by atoms with Crippen LogP contribution >= 0.6 is 0 Å². The van der Waals surface area contributed by atoms with Gasteiger partial charge in [-0.2, -0.15) is 15.8 Å². The molecule has 0 saturated carbocycles. The zero-order chi connectivity index (χ0) is 10.6. The molecule has 0 aliphatic carbocycles. The van der Waals surface area contributed by atoms with Crippen molar-refractivity contribution < 1.29 is 0 Å². The lowest BCUT2D eigenvalue weighted by Crippen LogP contribution is -1.93. The number of hydrogen-bond donors (Lipinski definition) is 0. The molecule has 1 rings (SSSR count). The topological polar surface area (TPSA) is 71.4 Å². The van der Waals surface area contributed by atoms with Gasteiger partial charge in [-0.15, -0.1) is 0 Å². The Morgan fingerprint density at radius 2 is 1.43 bits per heavy atom. The normalized spacial score (nSPS) is 8.43. The summed E-state index contributed by atoms with van der Waals surface area (Å²) in [6, 6.07) is 8.93. The standard InChI is InChI=1S/C11H7N3/c1-2-8-3-10(6-13)11(7-14)4-9(8)5-12/h3-4H,2H2,1H3. The summed E-state index contributed by atoms with van der Waals surface area (Å²) in [7, 11) is 0. The Balaban J connectivity index is 3.49. The van der Waals surface area contributed by atoms with Gasteiger partial charge >= 0.3 is 0 Å². The van der Waals surface area contributed by atoms with Crippen molar-refractivity contribution in [3.05, 3.63) is 34.4 Å². The van der Waals surface area contributed by atoms with Gasteiger partial charge < -0.3 is 0 Å². The minimum atomic E-state index is 0.265. The highest BCUT2D eigenvalue weighted by molar-refractivity contribution is 5.53. The number of hydrogen-bond acceptors (Lipinski definition) is 3. The first-order valence-electron chi connectivity index (χ1n) is 4.14. The van der Waals surface area contributed by atoms with E-state index < -0.39 is 0 Å². The molecule has 14 heavy (non-hydrogen) atoms. The van der Waals surface area contributed by atoms with Crippen molar-refractivity contribution >= 4 is 0 Å². The highest BCUT2D eigenvalue weighted by atomic mass is 14.3. The molecule has 0 spiro atoms. The van der Waals surface area contributed by atoms with E-state index in [9.17, 15) is 0 Å². The third-order valence-electron chi connectivity index (χ3n) is 1.99. The molecule has 0 fully saturated rings. The summed E-state index contributed by atoms with van der Waals surface area (Å²) in [5.41, 5.74) is 1.88. The van der Waals surface area contributed by atoms with Crippen LogP contribution in [-0.2, 0) is 6.42 Å². The van der Waals surface area contributed by atoms with Crippen LogP contribution in [0.5, 0.6) is 0 Å². The Bertz CT molecular complexity index is 481. The molecular formula is C11H7N3. The Morgan fingerprint density at radius 3 is 1.86 bits per heavy atom. The minimum absolute atomic E-state index is 0.265. The first kappa shape index (κ1) is 9.78. The molecule has 0 radical (unpaired) electrons. The van der Waals surface area contributed by atoms with Crippen molar-refractivity contribution in [1.82, 2.24) is 0 Å². The molecule has 0 amide bonds. The monoisotopic (exact) mass is 181 g/mol. The zero-order valence-electron chi connectivity index (χ0n) is 7.70. The third kappa shape index (κ3) is 1.56. The summed E-state index contributed by atoms with van der Waals surface area (Å²) in [6.45, 7) is 1.91. The Morgan fingerprint density at radius 1 is 0.929 bits per heavy atom. The lowest BCUT2D eigenvalue weighted by Gasteiger charge is -2.01. The Kier molecular flexibility index (Phi) is 2.85. The number of aryl methyl sites for hydroxylation is 1. The van der Waals surface area contributed by atoms with Crippen LogP contribution in [0.25, 0.3) is 0 Å². The summed E-state index contributed by atoms with van der Waals surface area (Å²) >= 11 is 0. The van der Waals surface area contributed by atoms with Gasteiger partial charge in [0.15, 0.2) is 0 Å². The molecule has 3 nitrogen and oxygen atoms in total. The first-order chi connectivity index (χ1) is 6.76. The molecule has 66 valence electrons. The summed E-state index contributed by atoms with van der Waals surface area (Å²) < 4.78 is 0. The van der Waals surface area contributed by atoms with Crippen LogP contribution in [0.1, 0.15) is 29.2 Å². The predicted molar refractivity (Wildman–Crippen MR) is 50.0 cm³/mol. The number of nitrogens with zero attached hydrogens (tertiary/aromatic N) is 3. The van der Waals surface area contributed by atoms with E-state index >= 15 is 0 Å². The van der Waals surface area contributed by atoms with Gasteiger partial charge in [-0.3, -0.25) is 0 Å². The maximum absolute atomic E-state index is 8.79. The van der Waals surface area contributed by atoms with Gasteiger partial charge in [-0.1, -0.05) is 6.92 Å². The second-order valence-electron chi connectivity index (χ2n) is 2.74. The fourth-order valence-electron chi connectivity index (χ4n) is 1.23. The van der Waals surface area contributed by atoms with Crippen molar-refractivity contribution in [3.8, 4) is 18.2 Å². The van der Waals surface area contributed by atoms with Crippen molar-refractivity contribution in [2.24, 2.45) is 0 Å². The first-order valence-corrected chi connectivity index (χ1v) is 4.14. The lowest BCUT2D eigenvalue weighted by molar-refractivity contribution is 1.12. The maximum Gasteiger partial charge on any atom is 0.101 e. The molecule has 1 aromatic carbocycles.